The monoisotopic (exact) mass is 310 g/mol. The predicted molar refractivity (Wildman–Crippen MR) is 80.7 cm³/mol. The van der Waals surface area contributed by atoms with E-state index >= 15 is 0 Å². The third kappa shape index (κ3) is 2.00. The molecule has 2 unspecified atom stereocenters. The van der Waals surface area contributed by atoms with Crippen molar-refractivity contribution in [3.8, 4) is 0 Å². The first-order valence-electron chi connectivity index (χ1n) is 7.31. The summed E-state index contributed by atoms with van der Waals surface area (Å²) in [5.41, 5.74) is 1.88. The average Bonchev–Trinajstić information content (AvgIpc) is 2.72. The van der Waals surface area contributed by atoms with Crippen molar-refractivity contribution in [1.82, 2.24) is 0 Å². The predicted octanol–water partition coefficient (Wildman–Crippen LogP) is 2.39. The van der Waals surface area contributed by atoms with Crippen molar-refractivity contribution in [3.05, 3.63) is 70.8 Å². The molecule has 0 spiro atoms. The fourth-order valence-electron chi connectivity index (χ4n) is 3.09. The van der Waals surface area contributed by atoms with E-state index in [1.807, 2.05) is 36.5 Å². The van der Waals surface area contributed by atoms with Gasteiger partial charge in [-0.15, -0.1) is 0 Å². The van der Waals surface area contributed by atoms with E-state index in [2.05, 4.69) is 0 Å². The van der Waals surface area contributed by atoms with Crippen LogP contribution < -0.4 is 0 Å². The summed E-state index contributed by atoms with van der Waals surface area (Å²) in [4.78, 5) is 22.6. The standard InChI is InChI=1S/C18H14O5/c1-10(19)21-14-7-6-12-8-9-18(23-11(2)20)16-15(22-17(16)18)5-3-4-13(12)14/h3-9,17H,1-2H3/b5-3-,9-8-,13-4+. The van der Waals surface area contributed by atoms with Crippen LogP contribution in [0.3, 0.4) is 0 Å². The van der Waals surface area contributed by atoms with E-state index in [0.29, 0.717) is 5.76 Å². The summed E-state index contributed by atoms with van der Waals surface area (Å²) in [5.74, 6) is 0.504. The minimum atomic E-state index is -0.793. The largest absolute Gasteiger partial charge is 0.481 e. The molecule has 0 bridgehead atoms. The number of esters is 2. The number of fused-ring (bicyclic) bond motifs is 2. The molecule has 4 rings (SSSR count). The topological polar surface area (TPSA) is 61.8 Å². The molecule has 116 valence electrons. The zero-order valence-electron chi connectivity index (χ0n) is 12.7. The lowest BCUT2D eigenvalue weighted by Crippen LogP contribution is -2.19. The van der Waals surface area contributed by atoms with E-state index in [-0.39, 0.29) is 18.0 Å². The molecule has 1 fully saturated rings. The summed E-state index contributed by atoms with van der Waals surface area (Å²) in [6.45, 7) is 2.75. The van der Waals surface area contributed by atoms with Gasteiger partial charge in [0.2, 0.25) is 0 Å². The number of ether oxygens (including phenoxy) is 3. The van der Waals surface area contributed by atoms with E-state index < -0.39 is 5.60 Å². The molecule has 0 amide bonds. The minimum absolute atomic E-state index is 0.188. The second-order valence-corrected chi connectivity index (χ2v) is 5.68. The van der Waals surface area contributed by atoms with Crippen LogP contribution >= 0.6 is 0 Å². The highest BCUT2D eigenvalue weighted by Crippen LogP contribution is 2.60. The maximum Gasteiger partial charge on any atom is 0.308 e. The van der Waals surface area contributed by atoms with Gasteiger partial charge in [0.15, 0.2) is 11.7 Å². The number of carbonyl (C=O) groups excluding carboxylic acids is 2. The molecule has 1 saturated carbocycles. The first-order valence-corrected chi connectivity index (χ1v) is 7.31. The van der Waals surface area contributed by atoms with E-state index in [0.717, 1.165) is 22.5 Å². The molecule has 2 atom stereocenters. The van der Waals surface area contributed by atoms with Gasteiger partial charge in [-0.1, -0.05) is 24.3 Å². The Bertz CT molecular complexity index is 818. The number of hydrogen-bond donors (Lipinski definition) is 0. The Morgan fingerprint density at radius 1 is 1.13 bits per heavy atom. The second-order valence-electron chi connectivity index (χ2n) is 5.68. The number of carbonyl (C=O) groups is 2. The maximum absolute atomic E-state index is 11.4. The molecule has 3 aliphatic carbocycles. The van der Waals surface area contributed by atoms with E-state index in [9.17, 15) is 9.59 Å². The quantitative estimate of drug-likeness (QED) is 0.733. The molecule has 0 aromatic carbocycles. The van der Waals surface area contributed by atoms with Crippen LogP contribution in [-0.4, -0.2) is 23.6 Å². The van der Waals surface area contributed by atoms with Gasteiger partial charge in [0, 0.05) is 19.4 Å². The third-order valence-corrected chi connectivity index (χ3v) is 4.08. The molecule has 23 heavy (non-hydrogen) atoms. The van der Waals surface area contributed by atoms with Crippen molar-refractivity contribution in [3.63, 3.8) is 0 Å². The summed E-state index contributed by atoms with van der Waals surface area (Å²) in [7, 11) is 0. The van der Waals surface area contributed by atoms with Crippen molar-refractivity contribution in [2.75, 3.05) is 0 Å². The smallest absolute Gasteiger partial charge is 0.308 e. The highest BCUT2D eigenvalue weighted by molar-refractivity contribution is 5.74. The Morgan fingerprint density at radius 2 is 1.96 bits per heavy atom. The summed E-state index contributed by atoms with van der Waals surface area (Å²) in [6, 6.07) is 0. The molecular weight excluding hydrogens is 296 g/mol. The Hall–Kier alpha value is -2.82. The fourth-order valence-corrected chi connectivity index (χ4v) is 3.09. The van der Waals surface area contributed by atoms with Gasteiger partial charge in [0.05, 0.1) is 5.57 Å². The van der Waals surface area contributed by atoms with Crippen molar-refractivity contribution in [1.29, 1.82) is 0 Å². The van der Waals surface area contributed by atoms with Gasteiger partial charge in [-0.3, -0.25) is 9.59 Å². The lowest BCUT2D eigenvalue weighted by Gasteiger charge is -2.11. The van der Waals surface area contributed by atoms with E-state index in [1.54, 1.807) is 6.08 Å². The first kappa shape index (κ1) is 13.8. The zero-order valence-corrected chi connectivity index (χ0v) is 12.7. The van der Waals surface area contributed by atoms with Gasteiger partial charge in [0.25, 0.3) is 0 Å². The molecular formula is C18H14O5. The Balaban J connectivity index is 1.70. The van der Waals surface area contributed by atoms with Gasteiger partial charge in [-0.05, 0) is 23.8 Å². The summed E-state index contributed by atoms with van der Waals surface area (Å²) < 4.78 is 16.3. The molecule has 5 heteroatoms. The molecule has 5 nitrogen and oxygen atoms in total. The average molecular weight is 310 g/mol. The van der Waals surface area contributed by atoms with Gasteiger partial charge in [0.1, 0.15) is 11.5 Å². The van der Waals surface area contributed by atoms with Crippen molar-refractivity contribution < 1.29 is 23.8 Å². The molecule has 1 heterocycles. The van der Waals surface area contributed by atoms with Crippen LogP contribution in [0.5, 0.6) is 0 Å². The van der Waals surface area contributed by atoms with Crippen LogP contribution in [0.2, 0.25) is 0 Å². The van der Waals surface area contributed by atoms with Crippen LogP contribution in [0.25, 0.3) is 0 Å². The number of allylic oxidation sites excluding steroid dienone is 7. The minimum Gasteiger partial charge on any atom is -0.481 e. The lowest BCUT2D eigenvalue weighted by molar-refractivity contribution is -0.146. The normalized spacial score (nSPS) is 34.2. The summed E-state index contributed by atoms with van der Waals surface area (Å²) >= 11 is 0. The van der Waals surface area contributed by atoms with Crippen LogP contribution in [0.15, 0.2) is 70.8 Å². The summed E-state index contributed by atoms with van der Waals surface area (Å²) in [5, 5.41) is 0. The van der Waals surface area contributed by atoms with E-state index in [1.165, 1.54) is 13.8 Å². The molecule has 0 N–H and O–H groups in total. The lowest BCUT2D eigenvalue weighted by atomic mass is 10.1. The van der Waals surface area contributed by atoms with Gasteiger partial charge >= 0.3 is 11.9 Å². The van der Waals surface area contributed by atoms with Crippen LogP contribution in [0.4, 0.5) is 0 Å². The van der Waals surface area contributed by atoms with E-state index in [4.69, 9.17) is 14.2 Å². The summed E-state index contributed by atoms with van der Waals surface area (Å²) in [6.07, 6.45) is 12.6. The first-order chi connectivity index (χ1) is 11.0. The molecule has 0 radical (unpaired) electrons. The molecule has 0 saturated heterocycles. The molecule has 0 aromatic heterocycles. The Morgan fingerprint density at radius 3 is 2.70 bits per heavy atom. The van der Waals surface area contributed by atoms with Gasteiger partial charge in [-0.2, -0.15) is 0 Å². The molecule has 1 aliphatic heterocycles. The maximum atomic E-state index is 11.4. The highest BCUT2D eigenvalue weighted by atomic mass is 16.6. The van der Waals surface area contributed by atoms with Crippen molar-refractivity contribution in [2.45, 2.75) is 25.6 Å². The zero-order chi connectivity index (χ0) is 16.2. The number of rotatable bonds is 2. The van der Waals surface area contributed by atoms with Crippen molar-refractivity contribution in [2.24, 2.45) is 0 Å². The highest BCUT2D eigenvalue weighted by Gasteiger charge is 2.72. The van der Waals surface area contributed by atoms with Crippen LogP contribution in [0, 0.1) is 0 Å². The van der Waals surface area contributed by atoms with Crippen LogP contribution in [-0.2, 0) is 23.8 Å². The fraction of sp³-hybridized carbons (Fsp3) is 0.222. The number of hydrogen-bond acceptors (Lipinski definition) is 5. The SMILES string of the molecule is CC(=O)OC1=CC=C2/C=C\C3(OC(C)=O)C4=C(/C=C\C=C/21)OC43. The van der Waals surface area contributed by atoms with Crippen LogP contribution in [0.1, 0.15) is 13.8 Å². The third-order valence-electron chi connectivity index (χ3n) is 4.08. The Labute approximate surface area is 132 Å². The van der Waals surface area contributed by atoms with Gasteiger partial charge in [-0.25, -0.2) is 0 Å². The molecule has 0 aromatic rings. The second kappa shape index (κ2) is 4.59. The van der Waals surface area contributed by atoms with Crippen molar-refractivity contribution >= 4 is 11.9 Å². The van der Waals surface area contributed by atoms with Gasteiger partial charge < -0.3 is 14.2 Å². The Kier molecular flexibility index (Phi) is 2.75. The molecule has 4 aliphatic rings.